The van der Waals surface area contributed by atoms with E-state index in [1.807, 2.05) is 28.9 Å². The lowest BCUT2D eigenvalue weighted by Crippen LogP contribution is -2.54. The monoisotopic (exact) mass is 798 g/mol. The number of nitrogens with zero attached hydrogens (tertiary/aromatic N) is 10. The molecule has 7 heterocycles. The molecule has 304 valence electrons. The summed E-state index contributed by atoms with van der Waals surface area (Å²) in [7, 11) is 0. The molecule has 10 rings (SSSR count). The number of anilines is 2. The number of piperazine rings is 1. The van der Waals surface area contributed by atoms with Gasteiger partial charge in [0, 0.05) is 81.6 Å². The predicted molar refractivity (Wildman–Crippen MR) is 216 cm³/mol. The third kappa shape index (κ3) is 7.17. The zero-order chi connectivity index (χ0) is 40.4. The lowest BCUT2D eigenvalue weighted by atomic mass is 9.96. The molecule has 3 aromatic heterocycles. The first-order valence-electron chi connectivity index (χ1n) is 20.6. The van der Waals surface area contributed by atoms with Gasteiger partial charge in [-0.05, 0) is 88.3 Å². The van der Waals surface area contributed by atoms with Gasteiger partial charge in [-0.15, -0.1) is 5.10 Å². The molecule has 2 atom stereocenters. The molecule has 1 unspecified atom stereocenters. The molecule has 59 heavy (non-hydrogen) atoms. The summed E-state index contributed by atoms with van der Waals surface area (Å²) in [5.74, 6) is 0.168. The summed E-state index contributed by atoms with van der Waals surface area (Å²) in [6.45, 7) is 9.96. The highest BCUT2D eigenvalue weighted by molar-refractivity contribution is 6.23. The summed E-state index contributed by atoms with van der Waals surface area (Å²) >= 11 is 0. The number of H-pyrrole nitrogens is 1. The van der Waals surface area contributed by atoms with Gasteiger partial charge in [-0.2, -0.15) is 5.10 Å². The maximum atomic E-state index is 13.4. The van der Waals surface area contributed by atoms with Crippen LogP contribution >= 0.6 is 0 Å². The summed E-state index contributed by atoms with van der Waals surface area (Å²) < 4.78 is 8.18. The molecule has 2 N–H and O–H groups in total. The van der Waals surface area contributed by atoms with Gasteiger partial charge in [0.15, 0.2) is 0 Å². The Balaban J connectivity index is 0.719. The minimum absolute atomic E-state index is 0.0632. The van der Waals surface area contributed by atoms with Crippen LogP contribution in [0.4, 0.5) is 11.5 Å². The molecule has 5 aliphatic rings. The summed E-state index contributed by atoms with van der Waals surface area (Å²) in [6.07, 6.45) is 7.94. The number of imide groups is 2. The van der Waals surface area contributed by atoms with E-state index in [-0.39, 0.29) is 24.5 Å². The number of fused-ring (bicyclic) bond motifs is 2. The van der Waals surface area contributed by atoms with Crippen LogP contribution in [0.3, 0.4) is 0 Å². The molecule has 4 amide bonds. The number of carbonyl (C=O) groups is 4. The second kappa shape index (κ2) is 14.5. The van der Waals surface area contributed by atoms with Crippen molar-refractivity contribution in [3.8, 4) is 17.1 Å². The highest BCUT2D eigenvalue weighted by Crippen LogP contribution is 2.41. The summed E-state index contributed by atoms with van der Waals surface area (Å²) in [6, 6.07) is 12.7. The Morgan fingerprint density at radius 3 is 2.53 bits per heavy atom. The van der Waals surface area contributed by atoms with Crippen LogP contribution in [0, 0.1) is 5.92 Å². The number of benzene rings is 2. The largest absolute Gasteiger partial charge is 0.488 e. The average Bonchev–Trinajstić information content (AvgIpc) is 3.50. The molecule has 1 aliphatic carbocycles. The van der Waals surface area contributed by atoms with Gasteiger partial charge < -0.3 is 14.5 Å². The zero-order valence-corrected chi connectivity index (χ0v) is 33.1. The van der Waals surface area contributed by atoms with Gasteiger partial charge in [0.2, 0.25) is 11.8 Å². The molecule has 4 aliphatic heterocycles. The van der Waals surface area contributed by atoms with Gasteiger partial charge in [0.1, 0.15) is 29.5 Å². The maximum absolute atomic E-state index is 13.4. The first kappa shape index (κ1) is 37.1. The number of piperidine rings is 2. The van der Waals surface area contributed by atoms with E-state index in [0.29, 0.717) is 23.6 Å². The SMILES string of the molecule is C[C@H]1CN(c2cc(-c3[nH]nc4ccc(OC5(C)CC5)cc34)ncn2)CCN1Cc1cn(CC2CCN(c3ccc4c(c3)C(=O)N(C3CCC(=O)NC3=O)C4=O)CC2)nn1. The molecule has 3 saturated heterocycles. The lowest BCUT2D eigenvalue weighted by molar-refractivity contribution is -0.136. The highest BCUT2D eigenvalue weighted by Gasteiger charge is 2.45. The topological polar surface area (TPSA) is 188 Å². The van der Waals surface area contributed by atoms with Crippen molar-refractivity contribution in [2.24, 2.45) is 5.92 Å². The van der Waals surface area contributed by atoms with E-state index in [0.717, 1.165) is 115 Å². The zero-order valence-electron chi connectivity index (χ0n) is 33.1. The van der Waals surface area contributed by atoms with Crippen LogP contribution in [-0.4, -0.2) is 119 Å². The van der Waals surface area contributed by atoms with E-state index < -0.39 is 29.7 Å². The van der Waals surface area contributed by atoms with Crippen molar-refractivity contribution < 1.29 is 23.9 Å². The van der Waals surface area contributed by atoms with E-state index >= 15 is 0 Å². The van der Waals surface area contributed by atoms with Gasteiger partial charge in [-0.25, -0.2) is 9.97 Å². The Hall–Kier alpha value is -6.23. The summed E-state index contributed by atoms with van der Waals surface area (Å²) in [5.41, 5.74) is 4.87. The fourth-order valence-corrected chi connectivity index (χ4v) is 8.91. The number of aromatic nitrogens is 7. The predicted octanol–water partition coefficient (Wildman–Crippen LogP) is 3.57. The molecule has 5 aromatic rings. The molecule has 17 heteroatoms. The number of nitrogens with one attached hydrogen (secondary N) is 2. The fraction of sp³-hybridized carbons (Fsp3) is 0.452. The number of rotatable bonds is 10. The third-order valence-electron chi connectivity index (χ3n) is 12.6. The Morgan fingerprint density at radius 1 is 0.898 bits per heavy atom. The normalized spacial score (nSPS) is 22.3. The molecule has 2 aromatic carbocycles. The Morgan fingerprint density at radius 2 is 1.73 bits per heavy atom. The molecule has 4 fully saturated rings. The van der Waals surface area contributed by atoms with Crippen molar-refractivity contribution in [2.45, 2.75) is 83.1 Å². The molecule has 0 spiro atoms. The van der Waals surface area contributed by atoms with Crippen LogP contribution in [0.25, 0.3) is 22.3 Å². The fourth-order valence-electron chi connectivity index (χ4n) is 8.91. The second-order valence-electron chi connectivity index (χ2n) is 16.9. The van der Waals surface area contributed by atoms with E-state index in [9.17, 15) is 19.2 Å². The summed E-state index contributed by atoms with van der Waals surface area (Å²) in [5, 5.41) is 20.0. The van der Waals surface area contributed by atoms with Crippen molar-refractivity contribution in [3.05, 3.63) is 71.8 Å². The van der Waals surface area contributed by atoms with Crippen molar-refractivity contribution in [1.29, 1.82) is 0 Å². The number of aromatic amines is 1. The van der Waals surface area contributed by atoms with Gasteiger partial charge in [0.25, 0.3) is 11.8 Å². The van der Waals surface area contributed by atoms with Crippen LogP contribution in [0.2, 0.25) is 0 Å². The van der Waals surface area contributed by atoms with Crippen molar-refractivity contribution in [3.63, 3.8) is 0 Å². The first-order valence-corrected chi connectivity index (χ1v) is 20.6. The number of amides is 4. The first-order chi connectivity index (χ1) is 28.6. The van der Waals surface area contributed by atoms with E-state index in [2.05, 4.69) is 76.6 Å². The molecule has 0 radical (unpaired) electrons. The van der Waals surface area contributed by atoms with Crippen molar-refractivity contribution in [2.75, 3.05) is 42.5 Å². The Labute approximate surface area is 340 Å². The van der Waals surface area contributed by atoms with Crippen LogP contribution < -0.4 is 19.9 Å². The standard InChI is InChI=1S/C42H46N12O5/c1-25-20-52(36-19-34(43-24-44-36)38-32-18-29(59-42(2)11-12-42)4-6-33(32)47-48-38)16-15-51(25)22-27-23-53(49-46-27)21-26-9-13-50(14-10-26)28-3-5-30-31(17-28)41(58)54(40(30)57)35-7-8-37(55)45-39(35)56/h3-6,17-19,23-26,35H,7-16,20-22H2,1-2H3,(H,47,48)(H,45,55,56)/t25-,35?/m0/s1. The molecular formula is C42H46N12O5. The average molecular weight is 799 g/mol. The quantitative estimate of drug-likeness (QED) is 0.196. The molecule has 0 bridgehead atoms. The number of ether oxygens (including phenoxy) is 1. The lowest BCUT2D eigenvalue weighted by Gasteiger charge is -2.40. The minimum atomic E-state index is -0.976. The second-order valence-corrected chi connectivity index (χ2v) is 16.9. The highest BCUT2D eigenvalue weighted by atomic mass is 16.5. The van der Waals surface area contributed by atoms with E-state index in [1.54, 1.807) is 18.5 Å². The Bertz CT molecular complexity index is 2490. The van der Waals surface area contributed by atoms with Gasteiger partial charge in [-0.1, -0.05) is 5.21 Å². The molecule has 1 saturated carbocycles. The van der Waals surface area contributed by atoms with Crippen molar-refractivity contribution in [1.82, 2.24) is 50.3 Å². The van der Waals surface area contributed by atoms with Crippen LogP contribution in [0.5, 0.6) is 5.75 Å². The van der Waals surface area contributed by atoms with Crippen LogP contribution in [0.1, 0.15) is 78.8 Å². The molecular weight excluding hydrogens is 753 g/mol. The van der Waals surface area contributed by atoms with E-state index in [4.69, 9.17) is 4.74 Å². The number of hydrogen-bond donors (Lipinski definition) is 2. The third-order valence-corrected chi connectivity index (χ3v) is 12.6. The number of carbonyl (C=O) groups excluding carboxylic acids is 4. The maximum Gasteiger partial charge on any atom is 0.262 e. The van der Waals surface area contributed by atoms with Crippen molar-refractivity contribution >= 4 is 46.0 Å². The minimum Gasteiger partial charge on any atom is -0.488 e. The smallest absolute Gasteiger partial charge is 0.262 e. The summed E-state index contributed by atoms with van der Waals surface area (Å²) in [4.78, 5) is 67.8. The van der Waals surface area contributed by atoms with Crippen LogP contribution in [0.15, 0.2) is 55.0 Å². The van der Waals surface area contributed by atoms with E-state index in [1.165, 1.54) is 0 Å². The molecule has 17 nitrogen and oxygen atoms in total. The Kier molecular flexibility index (Phi) is 9.14. The van der Waals surface area contributed by atoms with Gasteiger partial charge in [-0.3, -0.25) is 44.1 Å². The van der Waals surface area contributed by atoms with Gasteiger partial charge in [0.05, 0.1) is 33.7 Å². The van der Waals surface area contributed by atoms with Crippen LogP contribution in [-0.2, 0) is 22.7 Å². The number of hydrogen-bond acceptors (Lipinski definition) is 13. The van der Waals surface area contributed by atoms with Gasteiger partial charge >= 0.3 is 0 Å².